The van der Waals surface area contributed by atoms with Gasteiger partial charge >= 0.3 is 0 Å². The third kappa shape index (κ3) is 5.26. The minimum absolute atomic E-state index is 0. The SMILES string of the molecule is CCCCNCc1cc(Cl)ccc1O.Cl. The molecule has 0 aromatic heterocycles. The Morgan fingerprint density at radius 1 is 1.40 bits per heavy atom. The van der Waals surface area contributed by atoms with E-state index in [2.05, 4.69) is 12.2 Å². The van der Waals surface area contributed by atoms with Gasteiger partial charge in [0.1, 0.15) is 5.75 Å². The van der Waals surface area contributed by atoms with Crippen LogP contribution in [0.1, 0.15) is 25.3 Å². The van der Waals surface area contributed by atoms with Crippen LogP contribution in [0.5, 0.6) is 5.75 Å². The molecule has 0 saturated carbocycles. The second kappa shape index (κ2) is 7.80. The minimum atomic E-state index is 0. The van der Waals surface area contributed by atoms with E-state index in [1.165, 1.54) is 6.42 Å². The lowest BCUT2D eigenvalue weighted by Gasteiger charge is -2.06. The van der Waals surface area contributed by atoms with Crippen molar-refractivity contribution < 1.29 is 5.11 Å². The fourth-order valence-electron chi connectivity index (χ4n) is 1.22. The van der Waals surface area contributed by atoms with Crippen LogP contribution in [0, 0.1) is 0 Å². The Labute approximate surface area is 102 Å². The van der Waals surface area contributed by atoms with Gasteiger partial charge in [-0.2, -0.15) is 0 Å². The quantitative estimate of drug-likeness (QED) is 0.785. The molecular formula is C11H17Cl2NO. The zero-order valence-corrected chi connectivity index (χ0v) is 10.4. The van der Waals surface area contributed by atoms with E-state index in [1.807, 2.05) is 0 Å². The summed E-state index contributed by atoms with van der Waals surface area (Å²) in [6.07, 6.45) is 2.33. The lowest BCUT2D eigenvalue weighted by atomic mass is 10.2. The summed E-state index contributed by atoms with van der Waals surface area (Å²) < 4.78 is 0. The predicted molar refractivity (Wildman–Crippen MR) is 67.0 cm³/mol. The van der Waals surface area contributed by atoms with Gasteiger partial charge in [0.2, 0.25) is 0 Å². The molecule has 0 atom stereocenters. The maximum atomic E-state index is 9.49. The van der Waals surface area contributed by atoms with E-state index in [1.54, 1.807) is 18.2 Å². The highest BCUT2D eigenvalue weighted by Gasteiger charge is 2.00. The number of unbranched alkanes of at least 4 members (excludes halogenated alkanes) is 1. The van der Waals surface area contributed by atoms with Crippen molar-refractivity contribution in [2.24, 2.45) is 0 Å². The maximum Gasteiger partial charge on any atom is 0.120 e. The number of nitrogens with one attached hydrogen (secondary N) is 1. The Morgan fingerprint density at radius 2 is 2.13 bits per heavy atom. The zero-order chi connectivity index (χ0) is 10.4. The van der Waals surface area contributed by atoms with Crippen LogP contribution in [0.4, 0.5) is 0 Å². The summed E-state index contributed by atoms with van der Waals surface area (Å²) in [5.74, 6) is 0.304. The van der Waals surface area contributed by atoms with E-state index in [0.29, 0.717) is 17.3 Å². The first-order chi connectivity index (χ1) is 6.74. The first kappa shape index (κ1) is 14.6. The van der Waals surface area contributed by atoms with Gasteiger partial charge in [0.05, 0.1) is 0 Å². The highest BCUT2D eigenvalue weighted by molar-refractivity contribution is 6.30. The molecule has 0 unspecified atom stereocenters. The average Bonchev–Trinajstić information content (AvgIpc) is 2.18. The van der Waals surface area contributed by atoms with E-state index in [9.17, 15) is 5.11 Å². The van der Waals surface area contributed by atoms with Gasteiger partial charge in [0.25, 0.3) is 0 Å². The van der Waals surface area contributed by atoms with Crippen molar-refractivity contribution in [1.82, 2.24) is 5.32 Å². The van der Waals surface area contributed by atoms with Gasteiger partial charge in [-0.15, -0.1) is 12.4 Å². The Hall–Kier alpha value is -0.440. The molecular weight excluding hydrogens is 233 g/mol. The van der Waals surface area contributed by atoms with Crippen molar-refractivity contribution in [3.63, 3.8) is 0 Å². The first-order valence-corrected chi connectivity index (χ1v) is 5.30. The van der Waals surface area contributed by atoms with Crippen LogP contribution in [0.2, 0.25) is 5.02 Å². The Morgan fingerprint density at radius 3 is 2.80 bits per heavy atom. The largest absolute Gasteiger partial charge is 0.508 e. The molecule has 0 aliphatic carbocycles. The topological polar surface area (TPSA) is 32.3 Å². The summed E-state index contributed by atoms with van der Waals surface area (Å²) in [6, 6.07) is 5.10. The standard InChI is InChI=1S/C11H16ClNO.ClH/c1-2-3-6-13-8-9-7-10(12)4-5-11(9)14;/h4-5,7,13-14H,2-3,6,8H2,1H3;1H. The number of hydrogen-bond donors (Lipinski definition) is 2. The van der Waals surface area contributed by atoms with Crippen LogP contribution in [0.25, 0.3) is 0 Å². The van der Waals surface area contributed by atoms with Crippen molar-refractivity contribution >= 4 is 24.0 Å². The highest BCUT2D eigenvalue weighted by Crippen LogP contribution is 2.20. The minimum Gasteiger partial charge on any atom is -0.508 e. The lowest BCUT2D eigenvalue weighted by molar-refractivity contribution is 0.464. The van der Waals surface area contributed by atoms with Crippen LogP contribution in [-0.4, -0.2) is 11.7 Å². The fraction of sp³-hybridized carbons (Fsp3) is 0.455. The third-order valence-corrected chi connectivity index (χ3v) is 2.30. The van der Waals surface area contributed by atoms with Gasteiger partial charge < -0.3 is 10.4 Å². The summed E-state index contributed by atoms with van der Waals surface area (Å²) in [5, 5.41) is 13.4. The summed E-state index contributed by atoms with van der Waals surface area (Å²) in [5.41, 5.74) is 0.855. The highest BCUT2D eigenvalue weighted by atomic mass is 35.5. The van der Waals surface area contributed by atoms with Crippen molar-refractivity contribution in [2.45, 2.75) is 26.3 Å². The molecule has 1 aromatic carbocycles. The smallest absolute Gasteiger partial charge is 0.120 e. The Kier molecular flexibility index (Phi) is 7.57. The molecule has 0 fully saturated rings. The van der Waals surface area contributed by atoms with Gasteiger partial charge in [-0.1, -0.05) is 24.9 Å². The van der Waals surface area contributed by atoms with Crippen LogP contribution in [0.15, 0.2) is 18.2 Å². The van der Waals surface area contributed by atoms with E-state index in [4.69, 9.17) is 11.6 Å². The molecule has 1 rings (SSSR count). The van der Waals surface area contributed by atoms with Gasteiger partial charge in [0, 0.05) is 17.1 Å². The molecule has 15 heavy (non-hydrogen) atoms. The van der Waals surface area contributed by atoms with Crippen molar-refractivity contribution in [1.29, 1.82) is 0 Å². The molecule has 2 N–H and O–H groups in total. The molecule has 0 bridgehead atoms. The summed E-state index contributed by atoms with van der Waals surface area (Å²) in [4.78, 5) is 0. The van der Waals surface area contributed by atoms with Crippen LogP contribution in [-0.2, 0) is 6.54 Å². The first-order valence-electron chi connectivity index (χ1n) is 4.92. The summed E-state index contributed by atoms with van der Waals surface area (Å²) >= 11 is 5.82. The number of benzene rings is 1. The molecule has 4 heteroatoms. The number of hydrogen-bond acceptors (Lipinski definition) is 2. The number of phenolic OH excluding ortho intramolecular Hbond substituents is 1. The second-order valence-corrected chi connectivity index (χ2v) is 3.74. The van der Waals surface area contributed by atoms with Gasteiger partial charge in [0.15, 0.2) is 0 Å². The van der Waals surface area contributed by atoms with Crippen molar-refractivity contribution in [3.8, 4) is 5.75 Å². The van der Waals surface area contributed by atoms with Crippen LogP contribution < -0.4 is 5.32 Å². The Bertz CT molecular complexity index is 292. The number of halogens is 2. The second-order valence-electron chi connectivity index (χ2n) is 3.30. The molecule has 86 valence electrons. The molecule has 0 saturated heterocycles. The maximum absolute atomic E-state index is 9.49. The molecule has 0 spiro atoms. The summed E-state index contributed by atoms with van der Waals surface area (Å²) in [6.45, 7) is 3.80. The zero-order valence-electron chi connectivity index (χ0n) is 8.79. The molecule has 0 heterocycles. The average molecular weight is 250 g/mol. The van der Waals surface area contributed by atoms with E-state index < -0.39 is 0 Å². The van der Waals surface area contributed by atoms with Crippen molar-refractivity contribution in [3.05, 3.63) is 28.8 Å². The van der Waals surface area contributed by atoms with Gasteiger partial charge in [-0.05, 0) is 31.2 Å². The third-order valence-electron chi connectivity index (χ3n) is 2.06. The molecule has 0 amide bonds. The fourth-order valence-corrected chi connectivity index (χ4v) is 1.42. The van der Waals surface area contributed by atoms with Gasteiger partial charge in [-0.3, -0.25) is 0 Å². The Balaban J connectivity index is 0.00000196. The number of rotatable bonds is 5. The van der Waals surface area contributed by atoms with E-state index >= 15 is 0 Å². The monoisotopic (exact) mass is 249 g/mol. The number of phenols is 1. The molecule has 2 nitrogen and oxygen atoms in total. The molecule has 0 aliphatic rings. The van der Waals surface area contributed by atoms with Gasteiger partial charge in [-0.25, -0.2) is 0 Å². The summed E-state index contributed by atoms with van der Waals surface area (Å²) in [7, 11) is 0. The van der Waals surface area contributed by atoms with E-state index in [0.717, 1.165) is 18.5 Å². The van der Waals surface area contributed by atoms with Crippen LogP contribution >= 0.6 is 24.0 Å². The normalized spacial score (nSPS) is 9.73. The van der Waals surface area contributed by atoms with Crippen LogP contribution in [0.3, 0.4) is 0 Å². The molecule has 0 radical (unpaired) electrons. The molecule has 0 aliphatic heterocycles. The number of aromatic hydroxyl groups is 1. The van der Waals surface area contributed by atoms with Crippen molar-refractivity contribution in [2.75, 3.05) is 6.54 Å². The lowest BCUT2D eigenvalue weighted by Crippen LogP contribution is -2.14. The van der Waals surface area contributed by atoms with E-state index in [-0.39, 0.29) is 12.4 Å². The predicted octanol–water partition coefficient (Wildman–Crippen LogP) is 3.36. The molecule has 1 aromatic rings.